The van der Waals surface area contributed by atoms with E-state index in [0.717, 1.165) is 8.58 Å². The molecule has 0 aromatic heterocycles. The average Bonchev–Trinajstić information content (AvgIpc) is 2.81. The standard InChI is InChI=1S/C22H17P.BH3/c1-3-7-19-15(5-1)9-11-17-13-23-14-18-12-10-16-6-2-4-8-20(16)22(18)21(17)19;/h1-12,23H,13-14H2;1H3. The fraction of sp³-hybridized carbons (Fsp3) is 0.0909. The molecule has 0 fully saturated rings. The number of hydrogen-bond donors (Lipinski definition) is 0. The normalized spacial score (nSPS) is 13.0. The first kappa shape index (κ1) is 15.4. The molecule has 0 unspecified atom stereocenters. The Labute approximate surface area is 146 Å². The molecule has 4 aromatic rings. The molecule has 0 aliphatic carbocycles. The molecule has 1 aliphatic rings. The minimum atomic E-state index is 0. The second-order valence-corrected chi connectivity index (χ2v) is 7.45. The third kappa shape index (κ3) is 2.27. The van der Waals surface area contributed by atoms with Gasteiger partial charge in [0.1, 0.15) is 0 Å². The second-order valence-electron chi connectivity index (χ2n) is 6.25. The Hall–Kier alpha value is -2.11. The van der Waals surface area contributed by atoms with E-state index in [4.69, 9.17) is 0 Å². The fourth-order valence-corrected chi connectivity index (χ4v) is 5.10. The van der Waals surface area contributed by atoms with Gasteiger partial charge in [-0.25, -0.2) is 0 Å². The van der Waals surface area contributed by atoms with Crippen molar-refractivity contribution in [2.24, 2.45) is 0 Å². The lowest BCUT2D eigenvalue weighted by Crippen LogP contribution is -1.92. The maximum absolute atomic E-state index is 2.35. The topological polar surface area (TPSA) is 0 Å². The molecular formula is C22H20BP. The second kappa shape index (κ2) is 6.08. The van der Waals surface area contributed by atoms with Crippen molar-refractivity contribution in [2.75, 3.05) is 0 Å². The van der Waals surface area contributed by atoms with Crippen molar-refractivity contribution in [2.45, 2.75) is 12.3 Å². The predicted octanol–water partition coefficient (Wildman–Crippen LogP) is 5.17. The highest BCUT2D eigenvalue weighted by Crippen LogP contribution is 2.45. The van der Waals surface area contributed by atoms with Gasteiger partial charge in [0.25, 0.3) is 0 Å². The maximum Gasteiger partial charge on any atom is 0.0814 e. The number of fused-ring (bicyclic) bond motifs is 7. The molecule has 1 aliphatic heterocycles. The third-order valence-corrected chi connectivity index (χ3v) is 6.17. The molecule has 0 amide bonds. The number of rotatable bonds is 0. The summed E-state index contributed by atoms with van der Waals surface area (Å²) in [5, 5.41) is 5.48. The Morgan fingerprint density at radius 2 is 1.00 bits per heavy atom. The van der Waals surface area contributed by atoms with E-state index in [-0.39, 0.29) is 8.41 Å². The van der Waals surface area contributed by atoms with Crippen LogP contribution in [0, 0.1) is 0 Å². The smallest absolute Gasteiger partial charge is 0.0814 e. The first-order valence-corrected chi connectivity index (χ1v) is 9.55. The van der Waals surface area contributed by atoms with Crippen LogP contribution in [0.4, 0.5) is 0 Å². The molecule has 116 valence electrons. The molecule has 2 heteroatoms. The molecule has 24 heavy (non-hydrogen) atoms. The van der Waals surface area contributed by atoms with Crippen LogP contribution < -0.4 is 0 Å². The van der Waals surface area contributed by atoms with Crippen molar-refractivity contribution < 1.29 is 0 Å². The summed E-state index contributed by atoms with van der Waals surface area (Å²) >= 11 is 0. The van der Waals surface area contributed by atoms with Crippen molar-refractivity contribution in [3.05, 3.63) is 83.9 Å². The lowest BCUT2D eigenvalue weighted by atomic mass is 9.88. The van der Waals surface area contributed by atoms with Crippen molar-refractivity contribution >= 4 is 38.5 Å². The summed E-state index contributed by atoms with van der Waals surface area (Å²) in [4.78, 5) is 0. The first-order valence-electron chi connectivity index (χ1n) is 8.14. The third-order valence-electron chi connectivity index (χ3n) is 4.91. The van der Waals surface area contributed by atoms with Gasteiger partial charge in [-0.05, 0) is 56.1 Å². The van der Waals surface area contributed by atoms with Gasteiger partial charge in [0.2, 0.25) is 0 Å². The van der Waals surface area contributed by atoms with Gasteiger partial charge in [0.15, 0.2) is 0 Å². The highest BCUT2D eigenvalue weighted by Gasteiger charge is 2.19. The molecule has 1 heterocycles. The molecule has 0 saturated heterocycles. The van der Waals surface area contributed by atoms with Gasteiger partial charge in [-0.3, -0.25) is 0 Å². The molecule has 4 aromatic carbocycles. The van der Waals surface area contributed by atoms with Crippen LogP contribution >= 0.6 is 8.58 Å². The summed E-state index contributed by atoms with van der Waals surface area (Å²) in [6.45, 7) is 0. The van der Waals surface area contributed by atoms with E-state index in [1.165, 1.54) is 56.1 Å². The summed E-state index contributed by atoms with van der Waals surface area (Å²) in [6, 6.07) is 26.9. The van der Waals surface area contributed by atoms with Gasteiger partial charge in [0, 0.05) is 0 Å². The van der Waals surface area contributed by atoms with Crippen LogP contribution in [-0.4, -0.2) is 8.41 Å². The van der Waals surface area contributed by atoms with Crippen LogP contribution in [0.1, 0.15) is 11.1 Å². The Morgan fingerprint density at radius 3 is 1.50 bits per heavy atom. The Kier molecular flexibility index (Phi) is 3.90. The molecule has 0 nitrogen and oxygen atoms in total. The highest BCUT2D eigenvalue weighted by atomic mass is 31.1. The van der Waals surface area contributed by atoms with Gasteiger partial charge in [0.05, 0.1) is 8.41 Å². The summed E-state index contributed by atoms with van der Waals surface area (Å²) in [6.07, 6.45) is 2.40. The summed E-state index contributed by atoms with van der Waals surface area (Å²) < 4.78 is 0. The fourth-order valence-electron chi connectivity index (χ4n) is 3.85. The summed E-state index contributed by atoms with van der Waals surface area (Å²) in [7, 11) is 0.971. The van der Waals surface area contributed by atoms with E-state index in [1.54, 1.807) is 0 Å². The molecule has 0 radical (unpaired) electrons. The zero-order chi connectivity index (χ0) is 15.2. The van der Waals surface area contributed by atoms with Gasteiger partial charge >= 0.3 is 0 Å². The Balaban J connectivity index is 0.00000146. The lowest BCUT2D eigenvalue weighted by molar-refractivity contribution is 1.42. The monoisotopic (exact) mass is 326 g/mol. The van der Waals surface area contributed by atoms with Crippen molar-refractivity contribution in [3.63, 3.8) is 0 Å². The van der Waals surface area contributed by atoms with Crippen LogP contribution in [0.2, 0.25) is 0 Å². The zero-order valence-electron chi connectivity index (χ0n) is 12.8. The Bertz CT molecular complexity index is 967. The van der Waals surface area contributed by atoms with E-state index in [2.05, 4.69) is 72.8 Å². The van der Waals surface area contributed by atoms with Gasteiger partial charge < -0.3 is 0 Å². The molecule has 0 saturated carbocycles. The first-order chi connectivity index (χ1) is 11.4. The van der Waals surface area contributed by atoms with Crippen molar-refractivity contribution in [1.82, 2.24) is 0 Å². The zero-order valence-corrected chi connectivity index (χ0v) is 13.8. The number of hydrogen-bond acceptors (Lipinski definition) is 0. The van der Waals surface area contributed by atoms with Gasteiger partial charge in [-0.15, -0.1) is 8.58 Å². The van der Waals surface area contributed by atoms with Crippen LogP contribution in [0.25, 0.3) is 32.7 Å². The van der Waals surface area contributed by atoms with E-state index in [1.807, 2.05) is 0 Å². The molecule has 0 bridgehead atoms. The van der Waals surface area contributed by atoms with Crippen LogP contribution in [0.15, 0.2) is 72.8 Å². The van der Waals surface area contributed by atoms with E-state index >= 15 is 0 Å². The SMILES string of the molecule is B.c1ccc2c3c(ccc2c1)CPCc1ccc2ccccc2c1-3. The van der Waals surface area contributed by atoms with Crippen LogP contribution in [-0.2, 0) is 12.3 Å². The number of benzene rings is 4. The van der Waals surface area contributed by atoms with Crippen molar-refractivity contribution in [1.29, 1.82) is 0 Å². The summed E-state index contributed by atoms with van der Waals surface area (Å²) in [5.74, 6) is 0. The molecule has 0 N–H and O–H groups in total. The van der Waals surface area contributed by atoms with Crippen LogP contribution in [0.5, 0.6) is 0 Å². The maximum atomic E-state index is 2.35. The lowest BCUT2D eigenvalue weighted by Gasteiger charge is -2.15. The quantitative estimate of drug-likeness (QED) is 0.309. The predicted molar refractivity (Wildman–Crippen MR) is 113 cm³/mol. The van der Waals surface area contributed by atoms with E-state index in [9.17, 15) is 0 Å². The molecule has 5 rings (SSSR count). The van der Waals surface area contributed by atoms with Gasteiger partial charge in [-0.1, -0.05) is 72.8 Å². The highest BCUT2D eigenvalue weighted by molar-refractivity contribution is 7.36. The van der Waals surface area contributed by atoms with Gasteiger partial charge in [-0.2, -0.15) is 0 Å². The van der Waals surface area contributed by atoms with E-state index < -0.39 is 0 Å². The minimum absolute atomic E-state index is 0. The van der Waals surface area contributed by atoms with Crippen LogP contribution in [0.3, 0.4) is 0 Å². The average molecular weight is 326 g/mol. The van der Waals surface area contributed by atoms with Crippen molar-refractivity contribution in [3.8, 4) is 11.1 Å². The Morgan fingerprint density at radius 1 is 0.542 bits per heavy atom. The molecular weight excluding hydrogens is 306 g/mol. The summed E-state index contributed by atoms with van der Waals surface area (Å²) in [5.41, 5.74) is 5.97. The largest absolute Gasteiger partial charge is 0.113 e. The minimum Gasteiger partial charge on any atom is -0.113 e. The molecule has 0 spiro atoms. The van der Waals surface area contributed by atoms with E-state index in [0.29, 0.717) is 0 Å². The molecule has 0 atom stereocenters.